The second kappa shape index (κ2) is 13.0. The van der Waals surface area contributed by atoms with Crippen LogP contribution in [-0.2, 0) is 26.2 Å². The number of aryl methyl sites for hydroxylation is 1. The van der Waals surface area contributed by atoms with Gasteiger partial charge in [0.25, 0.3) is 0 Å². The molecule has 14 heteroatoms. The number of hydrogen-bond acceptors (Lipinski definition) is 9. The summed E-state index contributed by atoms with van der Waals surface area (Å²) in [6.45, 7) is 5.56. The molecular weight excluding hydrogens is 567 g/mol. The van der Waals surface area contributed by atoms with Crippen LogP contribution in [-0.4, -0.2) is 62.9 Å². The Bertz CT molecular complexity index is 1810. The fourth-order valence-corrected chi connectivity index (χ4v) is 5.41. The first-order valence-electron chi connectivity index (χ1n) is 14.1. The van der Waals surface area contributed by atoms with Crippen LogP contribution in [0.5, 0.6) is 5.88 Å². The average molecular weight is 601 g/mol. The van der Waals surface area contributed by atoms with Gasteiger partial charge in [-0.1, -0.05) is 6.07 Å². The quantitative estimate of drug-likeness (QED) is 0.237. The van der Waals surface area contributed by atoms with Gasteiger partial charge in [-0.2, -0.15) is 5.26 Å². The molecule has 4 N–H and O–H groups in total. The molecule has 0 saturated carbocycles. The number of nitriles is 1. The summed E-state index contributed by atoms with van der Waals surface area (Å²) in [4.78, 5) is 27.5. The van der Waals surface area contributed by atoms with Crippen LogP contribution in [0, 0.1) is 17.1 Å². The summed E-state index contributed by atoms with van der Waals surface area (Å²) in [7, 11) is 0. The Morgan fingerprint density at radius 2 is 1.98 bits per heavy atom. The van der Waals surface area contributed by atoms with Crippen molar-refractivity contribution in [1.29, 1.82) is 5.26 Å². The molecule has 1 aliphatic heterocycles. The minimum atomic E-state index is -1.08. The number of imidazole rings is 2. The molecule has 0 atom stereocenters. The summed E-state index contributed by atoms with van der Waals surface area (Å²) >= 11 is 0. The Morgan fingerprint density at radius 1 is 1.16 bits per heavy atom. The number of carbonyl (C=O) groups is 1. The van der Waals surface area contributed by atoms with E-state index in [1.54, 1.807) is 30.6 Å². The van der Waals surface area contributed by atoms with Gasteiger partial charge in [0, 0.05) is 43.7 Å². The highest BCUT2D eigenvalue weighted by atomic mass is 19.1. The summed E-state index contributed by atoms with van der Waals surface area (Å²) < 4.78 is 25.9. The zero-order chi connectivity index (χ0) is 29.9. The first-order chi connectivity index (χ1) is 20.9. The van der Waals surface area contributed by atoms with Crippen LogP contribution in [0.25, 0.3) is 11.2 Å². The molecule has 5 heterocycles. The van der Waals surface area contributed by atoms with E-state index < -0.39 is 11.8 Å². The second-order valence-electron chi connectivity index (χ2n) is 10.5. The molecule has 0 amide bonds. The topological polar surface area (TPSA) is 175 Å². The molecular formula is C30H33FN10O3. The minimum Gasteiger partial charge on any atom is -0.477 e. The number of fused-ring (bicyclic) bond motifs is 1. The number of ether oxygens (including phenoxy) is 1. The lowest BCUT2D eigenvalue weighted by Crippen LogP contribution is -2.35. The molecule has 44 heavy (non-hydrogen) atoms. The number of likely N-dealkylation sites (tertiary alicyclic amines) is 1. The standard InChI is InChI=1S/C30H30FN9O3.H3N/c1-2-38-19-33-15-23(38)16-39-27(34-25-5-6-26(30(41)42)35-29(25)39)17-37-10-7-22(8-11-37)40-12-9-28(36-40)43-18-21-4-3-20(14-32)13-24(21)31;/h3-6,9,12-13,15,19,22H,2,7-8,10-11,16-18H2,1H3,(H,41,42);1H3. The number of aromatic nitrogens is 7. The monoisotopic (exact) mass is 600 g/mol. The van der Waals surface area contributed by atoms with E-state index in [-0.39, 0.29) is 30.1 Å². The maximum absolute atomic E-state index is 14.2. The summed E-state index contributed by atoms with van der Waals surface area (Å²) in [6.07, 6.45) is 7.22. The van der Waals surface area contributed by atoms with E-state index in [2.05, 4.69) is 20.0 Å². The van der Waals surface area contributed by atoms with Crippen LogP contribution in [0.15, 0.2) is 55.1 Å². The predicted octanol–water partition coefficient (Wildman–Crippen LogP) is 4.18. The third-order valence-corrected chi connectivity index (χ3v) is 7.79. The largest absolute Gasteiger partial charge is 0.477 e. The van der Waals surface area contributed by atoms with E-state index in [1.165, 1.54) is 12.1 Å². The molecule has 13 nitrogen and oxygen atoms in total. The number of pyridine rings is 1. The maximum Gasteiger partial charge on any atom is 0.354 e. The summed E-state index contributed by atoms with van der Waals surface area (Å²) in [6, 6.07) is 11.4. The fourth-order valence-electron chi connectivity index (χ4n) is 5.41. The first-order valence-corrected chi connectivity index (χ1v) is 14.1. The molecule has 0 spiro atoms. The molecule has 1 fully saturated rings. The van der Waals surface area contributed by atoms with Crippen molar-refractivity contribution in [3.63, 3.8) is 0 Å². The summed E-state index contributed by atoms with van der Waals surface area (Å²) in [5.41, 5.74) is 2.79. The average Bonchev–Trinajstić information content (AvgIpc) is 3.76. The molecule has 1 aliphatic rings. The van der Waals surface area contributed by atoms with Crippen molar-refractivity contribution < 1.29 is 19.0 Å². The maximum atomic E-state index is 14.2. The molecule has 0 aliphatic carbocycles. The highest BCUT2D eigenvalue weighted by molar-refractivity contribution is 5.88. The van der Waals surface area contributed by atoms with Gasteiger partial charge in [0.1, 0.15) is 23.8 Å². The third kappa shape index (κ3) is 6.29. The summed E-state index contributed by atoms with van der Waals surface area (Å²) in [5.74, 6) is -0.324. The van der Waals surface area contributed by atoms with Gasteiger partial charge < -0.3 is 25.1 Å². The van der Waals surface area contributed by atoms with E-state index in [0.29, 0.717) is 35.7 Å². The van der Waals surface area contributed by atoms with Gasteiger partial charge in [-0.15, -0.1) is 5.10 Å². The number of carboxylic acid groups (broad SMARTS) is 1. The lowest BCUT2D eigenvalue weighted by molar-refractivity contribution is 0.0691. The fraction of sp³-hybridized carbons (Fsp3) is 0.333. The minimum absolute atomic E-state index is 0. The van der Waals surface area contributed by atoms with Gasteiger partial charge in [0.05, 0.1) is 42.8 Å². The molecule has 228 valence electrons. The van der Waals surface area contributed by atoms with Crippen LogP contribution in [0.2, 0.25) is 0 Å². The highest BCUT2D eigenvalue weighted by Gasteiger charge is 2.24. The zero-order valence-corrected chi connectivity index (χ0v) is 24.3. The lowest BCUT2D eigenvalue weighted by atomic mass is 10.1. The normalized spacial score (nSPS) is 13.9. The van der Waals surface area contributed by atoms with Crippen molar-refractivity contribution in [2.75, 3.05) is 13.1 Å². The van der Waals surface area contributed by atoms with E-state index in [0.717, 1.165) is 44.0 Å². The van der Waals surface area contributed by atoms with Crippen molar-refractivity contribution in [3.8, 4) is 11.9 Å². The van der Waals surface area contributed by atoms with Crippen LogP contribution >= 0.6 is 0 Å². The van der Waals surface area contributed by atoms with Gasteiger partial charge in [-0.05, 0) is 44.0 Å². The summed E-state index contributed by atoms with van der Waals surface area (Å²) in [5, 5.41) is 23.0. The van der Waals surface area contributed by atoms with Crippen LogP contribution in [0.4, 0.5) is 4.39 Å². The first kappa shape index (κ1) is 30.3. The molecule has 6 rings (SSSR count). The van der Waals surface area contributed by atoms with E-state index >= 15 is 0 Å². The van der Waals surface area contributed by atoms with Gasteiger partial charge in [0.15, 0.2) is 11.3 Å². The Balaban J connectivity index is 0.00000384. The van der Waals surface area contributed by atoms with Crippen LogP contribution < -0.4 is 10.9 Å². The molecule has 0 bridgehead atoms. The molecule has 0 unspecified atom stereocenters. The smallest absolute Gasteiger partial charge is 0.354 e. The molecule has 1 aromatic carbocycles. The van der Waals surface area contributed by atoms with Crippen molar-refractivity contribution in [3.05, 3.63) is 89.3 Å². The Hall–Kier alpha value is -5.13. The molecule has 5 aromatic rings. The number of carboxylic acids is 1. The van der Waals surface area contributed by atoms with Gasteiger partial charge in [-0.3, -0.25) is 9.58 Å². The van der Waals surface area contributed by atoms with Gasteiger partial charge in [0.2, 0.25) is 5.88 Å². The van der Waals surface area contributed by atoms with Crippen LogP contribution in [0.1, 0.15) is 58.9 Å². The number of aromatic carboxylic acids is 1. The number of rotatable bonds is 10. The van der Waals surface area contributed by atoms with Crippen molar-refractivity contribution in [2.45, 2.75) is 52.0 Å². The SMILES string of the molecule is CCn1cncc1Cn1c(CN2CCC(n3ccc(OCc4ccc(C#N)cc4F)n3)CC2)nc2ccc(C(=O)O)nc21.N. The highest BCUT2D eigenvalue weighted by Crippen LogP contribution is 2.26. The number of nitrogens with zero attached hydrogens (tertiary/aromatic N) is 9. The zero-order valence-electron chi connectivity index (χ0n) is 24.3. The van der Waals surface area contributed by atoms with Crippen molar-refractivity contribution in [2.24, 2.45) is 0 Å². The molecule has 1 saturated heterocycles. The number of halogens is 1. The number of benzene rings is 1. The lowest BCUT2D eigenvalue weighted by Gasteiger charge is -2.31. The molecule has 0 radical (unpaired) electrons. The molecule has 4 aromatic heterocycles. The van der Waals surface area contributed by atoms with Gasteiger partial charge >= 0.3 is 5.97 Å². The second-order valence-corrected chi connectivity index (χ2v) is 10.5. The third-order valence-electron chi connectivity index (χ3n) is 7.79. The number of hydrogen-bond donors (Lipinski definition) is 2. The van der Waals surface area contributed by atoms with Gasteiger partial charge in [-0.25, -0.2) is 24.1 Å². The number of piperidine rings is 1. The van der Waals surface area contributed by atoms with Crippen molar-refractivity contribution in [1.82, 2.24) is 44.9 Å². The Labute approximate surface area is 252 Å². The van der Waals surface area contributed by atoms with E-state index in [9.17, 15) is 14.3 Å². The van der Waals surface area contributed by atoms with E-state index in [1.807, 2.05) is 39.2 Å². The Morgan fingerprint density at radius 3 is 2.70 bits per heavy atom. The van der Waals surface area contributed by atoms with Crippen molar-refractivity contribution >= 4 is 17.1 Å². The Kier molecular flexibility index (Phi) is 8.98. The predicted molar refractivity (Wildman–Crippen MR) is 158 cm³/mol. The van der Waals surface area contributed by atoms with Crippen LogP contribution in [0.3, 0.4) is 0 Å². The van der Waals surface area contributed by atoms with E-state index in [4.69, 9.17) is 15.0 Å².